The smallest absolute Gasteiger partial charge is 0.375 e. The largest absolute Gasteiger partial charge is 0.423 e. The molecule has 1 aromatic carbocycles. The number of alkyl halides is 3. The van der Waals surface area contributed by atoms with Crippen LogP contribution >= 0.6 is 12.4 Å². The molecule has 1 saturated carbocycles. The Morgan fingerprint density at radius 1 is 1.17 bits per heavy atom. The van der Waals surface area contributed by atoms with Gasteiger partial charge in [-0.25, -0.2) is 0 Å². The Bertz CT molecular complexity index is 548. The van der Waals surface area contributed by atoms with E-state index in [1.54, 1.807) is 6.07 Å². The van der Waals surface area contributed by atoms with Crippen molar-refractivity contribution in [2.75, 3.05) is 6.54 Å². The Morgan fingerprint density at radius 3 is 2.21 bits per heavy atom. The summed E-state index contributed by atoms with van der Waals surface area (Å²) in [6.45, 7) is -0.960. The van der Waals surface area contributed by atoms with E-state index in [1.165, 1.54) is 24.3 Å². The zero-order valence-corrected chi connectivity index (χ0v) is 13.9. The first-order chi connectivity index (χ1) is 10.7. The topological polar surface area (TPSA) is 75.4 Å². The van der Waals surface area contributed by atoms with Gasteiger partial charge in [0, 0.05) is 0 Å². The van der Waals surface area contributed by atoms with Crippen LogP contribution in [0.25, 0.3) is 0 Å². The van der Waals surface area contributed by atoms with Crippen molar-refractivity contribution in [3.05, 3.63) is 35.9 Å². The lowest BCUT2D eigenvalue weighted by atomic mass is 9.81. The van der Waals surface area contributed by atoms with E-state index in [9.17, 15) is 23.1 Å². The van der Waals surface area contributed by atoms with Crippen LogP contribution in [-0.2, 0) is 10.4 Å². The van der Waals surface area contributed by atoms with Gasteiger partial charge in [0.05, 0.1) is 12.1 Å². The van der Waals surface area contributed by atoms with E-state index >= 15 is 0 Å². The fourth-order valence-electron chi connectivity index (χ4n) is 2.87. The molecule has 24 heavy (non-hydrogen) atoms. The average molecular weight is 367 g/mol. The molecule has 0 radical (unpaired) electrons. The lowest BCUT2D eigenvalue weighted by Gasteiger charge is -2.35. The lowest BCUT2D eigenvalue weighted by molar-refractivity contribution is -0.264. The zero-order chi connectivity index (χ0) is 17.1. The van der Waals surface area contributed by atoms with Crippen molar-refractivity contribution in [2.45, 2.75) is 49.4 Å². The number of hydrogen-bond donors (Lipinski definition) is 3. The van der Waals surface area contributed by atoms with Crippen molar-refractivity contribution in [1.82, 2.24) is 5.32 Å². The molecular weight excluding hydrogens is 345 g/mol. The van der Waals surface area contributed by atoms with Crippen LogP contribution in [0.1, 0.15) is 37.7 Å². The molecule has 0 heterocycles. The van der Waals surface area contributed by atoms with E-state index in [-0.39, 0.29) is 18.0 Å². The molecule has 136 valence electrons. The normalized spacial score (nSPS) is 19.7. The highest BCUT2D eigenvalue weighted by atomic mass is 35.5. The van der Waals surface area contributed by atoms with Gasteiger partial charge in [-0.2, -0.15) is 13.2 Å². The summed E-state index contributed by atoms with van der Waals surface area (Å²) in [6, 6.07) is 6.71. The van der Waals surface area contributed by atoms with Crippen LogP contribution in [0.3, 0.4) is 0 Å². The molecule has 4 nitrogen and oxygen atoms in total. The van der Waals surface area contributed by atoms with Gasteiger partial charge >= 0.3 is 6.18 Å². The van der Waals surface area contributed by atoms with Crippen molar-refractivity contribution in [3.8, 4) is 0 Å². The Labute approximate surface area is 145 Å². The molecule has 1 fully saturated rings. The van der Waals surface area contributed by atoms with Gasteiger partial charge in [-0.15, -0.1) is 12.4 Å². The summed E-state index contributed by atoms with van der Waals surface area (Å²) in [7, 11) is 0. The molecule has 8 heteroatoms. The highest BCUT2D eigenvalue weighted by Gasteiger charge is 2.55. The maximum Gasteiger partial charge on any atom is 0.423 e. The minimum absolute atomic E-state index is 0. The monoisotopic (exact) mass is 366 g/mol. The minimum atomic E-state index is -4.92. The molecule has 1 aliphatic rings. The molecule has 1 atom stereocenters. The second kappa shape index (κ2) is 7.72. The van der Waals surface area contributed by atoms with Gasteiger partial charge in [-0.3, -0.25) is 4.79 Å². The van der Waals surface area contributed by atoms with Gasteiger partial charge in [0.25, 0.3) is 0 Å². The molecule has 0 aliphatic heterocycles. The molecular formula is C16H22ClF3N2O2. The third kappa shape index (κ3) is 4.20. The number of rotatable bonds is 4. The van der Waals surface area contributed by atoms with Crippen LogP contribution in [0, 0.1) is 0 Å². The summed E-state index contributed by atoms with van der Waals surface area (Å²) < 4.78 is 40.0. The van der Waals surface area contributed by atoms with Crippen LogP contribution in [0.5, 0.6) is 0 Å². The van der Waals surface area contributed by atoms with E-state index in [0.717, 1.165) is 19.3 Å². The number of carbonyl (C=O) groups excluding carboxylic acids is 1. The number of halogens is 4. The third-order valence-electron chi connectivity index (χ3n) is 4.42. The van der Waals surface area contributed by atoms with Crippen molar-refractivity contribution in [1.29, 1.82) is 0 Å². The number of carbonyl (C=O) groups is 1. The Morgan fingerprint density at radius 2 is 1.71 bits per heavy atom. The number of nitrogens with one attached hydrogen (secondary N) is 1. The van der Waals surface area contributed by atoms with E-state index in [2.05, 4.69) is 5.32 Å². The van der Waals surface area contributed by atoms with Crippen molar-refractivity contribution in [2.24, 2.45) is 5.73 Å². The standard InChI is InChI=1S/C16H21F3N2O2.ClH/c17-16(18,19)15(23,12-7-3-1-4-8-12)11-21-13(22)14(20)9-5-2-6-10-14;/h1,3-4,7-8,23H,2,5-6,9-11,20H2,(H,21,22);1H. The molecule has 0 bridgehead atoms. The predicted molar refractivity (Wildman–Crippen MR) is 86.7 cm³/mol. The fraction of sp³-hybridized carbons (Fsp3) is 0.562. The zero-order valence-electron chi connectivity index (χ0n) is 13.1. The van der Waals surface area contributed by atoms with Gasteiger partial charge in [-0.05, 0) is 18.4 Å². The van der Waals surface area contributed by atoms with Crippen molar-refractivity contribution >= 4 is 18.3 Å². The number of amides is 1. The first-order valence-corrected chi connectivity index (χ1v) is 7.61. The minimum Gasteiger partial charge on any atom is -0.375 e. The second-order valence-electron chi connectivity index (χ2n) is 6.12. The average Bonchev–Trinajstić information content (AvgIpc) is 2.52. The van der Waals surface area contributed by atoms with Gasteiger partial charge in [0.2, 0.25) is 11.5 Å². The molecule has 0 spiro atoms. The molecule has 1 unspecified atom stereocenters. The molecule has 4 N–H and O–H groups in total. The van der Waals surface area contributed by atoms with Crippen molar-refractivity contribution in [3.63, 3.8) is 0 Å². The maximum absolute atomic E-state index is 13.3. The van der Waals surface area contributed by atoms with Gasteiger partial charge in [0.1, 0.15) is 0 Å². The molecule has 1 amide bonds. The highest BCUT2D eigenvalue weighted by Crippen LogP contribution is 2.38. The van der Waals surface area contributed by atoms with Gasteiger partial charge < -0.3 is 16.2 Å². The SMILES string of the molecule is Cl.NC1(C(=O)NCC(O)(c2ccccc2)C(F)(F)F)CCCCC1. The number of nitrogens with two attached hydrogens (primary N) is 1. The molecule has 0 saturated heterocycles. The predicted octanol–water partition coefficient (Wildman–Crippen LogP) is 2.64. The quantitative estimate of drug-likeness (QED) is 0.766. The van der Waals surface area contributed by atoms with Crippen molar-refractivity contribution < 1.29 is 23.1 Å². The number of benzene rings is 1. The van der Waals surface area contributed by atoms with E-state index in [4.69, 9.17) is 5.73 Å². The summed E-state index contributed by atoms with van der Waals surface area (Å²) in [4.78, 5) is 12.2. The second-order valence-corrected chi connectivity index (χ2v) is 6.12. The van der Waals surface area contributed by atoms with Crippen LogP contribution < -0.4 is 11.1 Å². The summed E-state index contributed by atoms with van der Waals surface area (Å²) in [5.74, 6) is -0.643. The summed E-state index contributed by atoms with van der Waals surface area (Å²) in [5.41, 5.74) is 1.39. The number of aliphatic hydroxyl groups is 1. The van der Waals surface area contributed by atoms with Crippen LogP contribution in [0.4, 0.5) is 13.2 Å². The van der Waals surface area contributed by atoms with Crippen LogP contribution in [0.2, 0.25) is 0 Å². The van der Waals surface area contributed by atoms with E-state index in [0.29, 0.717) is 12.8 Å². The first-order valence-electron chi connectivity index (χ1n) is 7.61. The molecule has 2 rings (SSSR count). The fourth-order valence-corrected chi connectivity index (χ4v) is 2.87. The van der Waals surface area contributed by atoms with Crippen LogP contribution in [0.15, 0.2) is 30.3 Å². The Kier molecular flexibility index (Phi) is 6.67. The van der Waals surface area contributed by atoms with Gasteiger partial charge in [0.15, 0.2) is 0 Å². The Balaban J connectivity index is 0.00000288. The van der Waals surface area contributed by atoms with Crippen LogP contribution in [-0.4, -0.2) is 29.3 Å². The van der Waals surface area contributed by atoms with E-state index in [1.807, 2.05) is 0 Å². The molecule has 1 aromatic rings. The first kappa shape index (κ1) is 20.7. The highest BCUT2D eigenvalue weighted by molar-refractivity contribution is 5.86. The van der Waals surface area contributed by atoms with E-state index < -0.39 is 29.8 Å². The lowest BCUT2D eigenvalue weighted by Crippen LogP contribution is -2.59. The van der Waals surface area contributed by atoms with Gasteiger partial charge in [-0.1, -0.05) is 49.6 Å². The molecule has 1 aliphatic carbocycles. The third-order valence-corrected chi connectivity index (χ3v) is 4.42. The molecule has 0 aromatic heterocycles. The summed E-state index contributed by atoms with van der Waals surface area (Å²) >= 11 is 0. The summed E-state index contributed by atoms with van der Waals surface area (Å²) in [6.07, 6.45) is -1.54. The Hall–Kier alpha value is -1.31. The number of hydrogen-bond acceptors (Lipinski definition) is 3. The maximum atomic E-state index is 13.3. The summed E-state index contributed by atoms with van der Waals surface area (Å²) in [5, 5.41) is 12.4.